The quantitative estimate of drug-likeness (QED) is 0.435. The van der Waals surface area contributed by atoms with Crippen LogP contribution in [0, 0.1) is 0 Å². The van der Waals surface area contributed by atoms with E-state index in [9.17, 15) is 4.79 Å². The first-order valence-electron chi connectivity index (χ1n) is 5.50. The molecule has 104 valence electrons. The second kappa shape index (κ2) is 7.88. The fourth-order valence-corrected chi connectivity index (χ4v) is 1.61. The lowest BCUT2D eigenvalue weighted by Gasteiger charge is -2.16. The molecule has 0 radical (unpaired) electrons. The van der Waals surface area contributed by atoms with Gasteiger partial charge < -0.3 is 10.1 Å². The molecule has 19 heavy (non-hydrogen) atoms. The van der Waals surface area contributed by atoms with Gasteiger partial charge >= 0.3 is 0 Å². The molecule has 1 rings (SSSR count). The molecule has 0 aromatic carbocycles. The molecule has 1 heterocycles. The van der Waals surface area contributed by atoms with Crippen LogP contribution >= 0.6 is 23.8 Å². The summed E-state index contributed by atoms with van der Waals surface area (Å²) in [6.07, 6.45) is 1.38. The van der Waals surface area contributed by atoms with Crippen molar-refractivity contribution < 1.29 is 9.53 Å². The van der Waals surface area contributed by atoms with Crippen molar-refractivity contribution in [2.75, 3.05) is 13.7 Å². The zero-order valence-electron chi connectivity index (χ0n) is 10.6. The smallest absolute Gasteiger partial charge is 0.271 e. The standard InChI is InChI=1S/C11H15ClN4O2S/c1-7(6-18-2)14-11(19)16-15-10(17)8-3-4-9(12)13-5-8/h3-5,7H,6H2,1-2H3,(H,15,17)(H2,14,16,19)/t7-/m0/s1. The molecule has 1 aromatic rings. The van der Waals surface area contributed by atoms with Gasteiger partial charge in [-0.2, -0.15) is 0 Å². The minimum absolute atomic E-state index is 0.0408. The van der Waals surface area contributed by atoms with E-state index in [0.29, 0.717) is 22.4 Å². The van der Waals surface area contributed by atoms with Gasteiger partial charge in [0, 0.05) is 19.3 Å². The van der Waals surface area contributed by atoms with Gasteiger partial charge in [-0.25, -0.2) is 4.98 Å². The number of thiocarbonyl (C=S) groups is 1. The summed E-state index contributed by atoms with van der Waals surface area (Å²) in [6.45, 7) is 2.42. The maximum Gasteiger partial charge on any atom is 0.271 e. The third-order valence-corrected chi connectivity index (χ3v) is 2.52. The van der Waals surface area contributed by atoms with Crippen LogP contribution in [-0.2, 0) is 4.74 Å². The monoisotopic (exact) mass is 302 g/mol. The van der Waals surface area contributed by atoms with E-state index in [1.165, 1.54) is 12.3 Å². The van der Waals surface area contributed by atoms with Crippen molar-refractivity contribution in [3.05, 3.63) is 29.0 Å². The Morgan fingerprint density at radius 1 is 1.53 bits per heavy atom. The lowest BCUT2D eigenvalue weighted by atomic mass is 10.3. The van der Waals surface area contributed by atoms with Gasteiger partial charge in [0.05, 0.1) is 12.2 Å². The number of carbonyl (C=O) groups is 1. The molecule has 8 heteroatoms. The minimum atomic E-state index is -0.354. The molecule has 1 amide bonds. The van der Waals surface area contributed by atoms with Crippen LogP contribution in [0.4, 0.5) is 0 Å². The Bertz CT molecular complexity index is 441. The van der Waals surface area contributed by atoms with Crippen LogP contribution in [0.2, 0.25) is 5.15 Å². The SMILES string of the molecule is COC[C@H](C)NC(=S)NNC(=O)c1ccc(Cl)nc1. The molecule has 3 N–H and O–H groups in total. The minimum Gasteiger partial charge on any atom is -0.383 e. The average molecular weight is 303 g/mol. The van der Waals surface area contributed by atoms with Gasteiger partial charge in [-0.05, 0) is 31.3 Å². The fourth-order valence-electron chi connectivity index (χ4n) is 1.25. The third-order valence-electron chi connectivity index (χ3n) is 2.07. The molecular weight excluding hydrogens is 288 g/mol. The van der Waals surface area contributed by atoms with Crippen molar-refractivity contribution in [3.63, 3.8) is 0 Å². The molecule has 0 spiro atoms. The van der Waals surface area contributed by atoms with Crippen molar-refractivity contribution in [2.24, 2.45) is 0 Å². The van der Waals surface area contributed by atoms with E-state index >= 15 is 0 Å². The zero-order valence-corrected chi connectivity index (χ0v) is 12.1. The topological polar surface area (TPSA) is 75.3 Å². The van der Waals surface area contributed by atoms with E-state index in [1.807, 2.05) is 6.92 Å². The lowest BCUT2D eigenvalue weighted by Crippen LogP contribution is -2.49. The molecule has 0 bridgehead atoms. The van der Waals surface area contributed by atoms with Crippen LogP contribution in [-0.4, -0.2) is 35.8 Å². The summed E-state index contributed by atoms with van der Waals surface area (Å²) in [5.74, 6) is -0.354. The van der Waals surface area contributed by atoms with E-state index in [1.54, 1.807) is 13.2 Å². The number of hydrogen-bond donors (Lipinski definition) is 3. The number of carbonyl (C=O) groups excluding carboxylic acids is 1. The Kier molecular flexibility index (Phi) is 6.48. The van der Waals surface area contributed by atoms with Gasteiger partial charge in [0.2, 0.25) is 0 Å². The molecule has 0 saturated carbocycles. The molecule has 0 unspecified atom stereocenters. The zero-order chi connectivity index (χ0) is 14.3. The predicted octanol–water partition coefficient (Wildman–Crippen LogP) is 0.879. The van der Waals surface area contributed by atoms with Crippen LogP contribution in [0.5, 0.6) is 0 Å². The van der Waals surface area contributed by atoms with E-state index < -0.39 is 0 Å². The van der Waals surface area contributed by atoms with Gasteiger partial charge in [-0.15, -0.1) is 0 Å². The van der Waals surface area contributed by atoms with Gasteiger partial charge in [0.15, 0.2) is 5.11 Å². The largest absolute Gasteiger partial charge is 0.383 e. The van der Waals surface area contributed by atoms with Crippen molar-refractivity contribution in [1.29, 1.82) is 0 Å². The summed E-state index contributed by atoms with van der Waals surface area (Å²) >= 11 is 10.6. The van der Waals surface area contributed by atoms with Crippen LogP contribution in [0.3, 0.4) is 0 Å². The Balaban J connectivity index is 2.37. The summed E-state index contributed by atoms with van der Waals surface area (Å²) in [6, 6.07) is 3.14. The first-order chi connectivity index (χ1) is 9.02. The summed E-state index contributed by atoms with van der Waals surface area (Å²) in [5.41, 5.74) is 5.42. The van der Waals surface area contributed by atoms with E-state index in [0.717, 1.165) is 0 Å². The Morgan fingerprint density at radius 2 is 2.26 bits per heavy atom. The lowest BCUT2D eigenvalue weighted by molar-refractivity contribution is 0.0943. The van der Waals surface area contributed by atoms with Crippen molar-refractivity contribution >= 4 is 34.8 Å². The van der Waals surface area contributed by atoms with Crippen molar-refractivity contribution in [2.45, 2.75) is 13.0 Å². The Labute approximate surface area is 121 Å². The molecule has 0 saturated heterocycles. The number of aromatic nitrogens is 1. The van der Waals surface area contributed by atoms with Crippen LogP contribution in [0.1, 0.15) is 17.3 Å². The van der Waals surface area contributed by atoms with Gasteiger partial charge in [0.1, 0.15) is 5.15 Å². The number of methoxy groups -OCH3 is 1. The molecule has 0 aliphatic carbocycles. The average Bonchev–Trinajstić information content (AvgIpc) is 2.37. The first kappa shape index (κ1) is 15.6. The van der Waals surface area contributed by atoms with Crippen LogP contribution < -0.4 is 16.2 Å². The van der Waals surface area contributed by atoms with Crippen LogP contribution in [0.15, 0.2) is 18.3 Å². The van der Waals surface area contributed by atoms with Gasteiger partial charge in [0.25, 0.3) is 5.91 Å². The predicted molar refractivity (Wildman–Crippen MR) is 76.9 cm³/mol. The number of amides is 1. The first-order valence-corrected chi connectivity index (χ1v) is 6.29. The molecule has 1 atom stereocenters. The van der Waals surface area contributed by atoms with Crippen molar-refractivity contribution in [1.82, 2.24) is 21.2 Å². The summed E-state index contributed by atoms with van der Waals surface area (Å²) in [7, 11) is 1.60. The van der Waals surface area contributed by atoms with Crippen molar-refractivity contribution in [3.8, 4) is 0 Å². The molecule has 0 aliphatic heterocycles. The molecule has 0 aliphatic rings. The number of ether oxygens (including phenoxy) is 1. The number of pyridine rings is 1. The number of nitrogens with one attached hydrogen (secondary N) is 3. The van der Waals surface area contributed by atoms with E-state index in [2.05, 4.69) is 21.2 Å². The molecule has 1 aromatic heterocycles. The van der Waals surface area contributed by atoms with Crippen LogP contribution in [0.25, 0.3) is 0 Å². The number of halogens is 1. The number of nitrogens with zero attached hydrogens (tertiary/aromatic N) is 1. The fraction of sp³-hybridized carbons (Fsp3) is 0.364. The van der Waals surface area contributed by atoms with Gasteiger partial charge in [-0.3, -0.25) is 15.6 Å². The Hall–Kier alpha value is -1.44. The third kappa shape index (κ3) is 5.82. The highest BCUT2D eigenvalue weighted by atomic mass is 35.5. The summed E-state index contributed by atoms with van der Waals surface area (Å²) < 4.78 is 4.95. The number of rotatable bonds is 4. The molecular formula is C11H15ClN4O2S. The maximum atomic E-state index is 11.7. The number of hydrogen-bond acceptors (Lipinski definition) is 4. The molecule has 0 fully saturated rings. The highest BCUT2D eigenvalue weighted by molar-refractivity contribution is 7.80. The van der Waals surface area contributed by atoms with Gasteiger partial charge in [-0.1, -0.05) is 11.6 Å². The van der Waals surface area contributed by atoms with E-state index in [4.69, 9.17) is 28.6 Å². The maximum absolute atomic E-state index is 11.7. The second-order valence-corrected chi connectivity index (χ2v) is 4.57. The highest BCUT2D eigenvalue weighted by Gasteiger charge is 2.07. The molecule has 6 nitrogen and oxygen atoms in total. The summed E-state index contributed by atoms with van der Waals surface area (Å²) in [4.78, 5) is 15.5. The second-order valence-electron chi connectivity index (χ2n) is 3.78. The normalized spacial score (nSPS) is 11.5. The summed E-state index contributed by atoms with van der Waals surface area (Å²) in [5, 5.41) is 3.57. The number of hydrazine groups is 1. The Morgan fingerprint density at radius 3 is 2.84 bits per heavy atom. The highest BCUT2D eigenvalue weighted by Crippen LogP contribution is 2.04. The van der Waals surface area contributed by atoms with E-state index in [-0.39, 0.29) is 11.9 Å².